The molecule has 0 radical (unpaired) electrons. The van der Waals surface area contributed by atoms with Gasteiger partial charge in [-0.2, -0.15) is 0 Å². The molecule has 98 valence electrons. The molecule has 4 unspecified atom stereocenters. The van der Waals surface area contributed by atoms with Crippen LogP contribution in [0.15, 0.2) is 0 Å². The van der Waals surface area contributed by atoms with E-state index in [4.69, 9.17) is 11.6 Å². The summed E-state index contributed by atoms with van der Waals surface area (Å²) in [7, 11) is 0. The van der Waals surface area contributed by atoms with Gasteiger partial charge in [-0.25, -0.2) is 0 Å². The van der Waals surface area contributed by atoms with Crippen molar-refractivity contribution in [1.82, 2.24) is 0 Å². The van der Waals surface area contributed by atoms with E-state index in [0.717, 1.165) is 6.29 Å². The molecule has 1 heterocycles. The number of hydrogen-bond donors (Lipinski definition) is 0. The quantitative estimate of drug-likeness (QED) is 0.443. The Balaban J connectivity index is 3.10. The van der Waals surface area contributed by atoms with Gasteiger partial charge in [0.2, 0.25) is 0 Å². The Hall–Kier alpha value is -0.0505. The van der Waals surface area contributed by atoms with Gasteiger partial charge in [-0.1, -0.05) is 0 Å². The molecular formula is C12H19ClO3Se. The predicted molar refractivity (Wildman–Crippen MR) is 67.7 cm³/mol. The molecule has 1 aliphatic heterocycles. The van der Waals surface area contributed by atoms with Crippen LogP contribution in [0.1, 0.15) is 33.6 Å². The Morgan fingerprint density at radius 2 is 2.12 bits per heavy atom. The molecule has 1 saturated heterocycles. The van der Waals surface area contributed by atoms with Crippen LogP contribution >= 0.6 is 11.6 Å². The molecule has 0 aromatic heterocycles. The monoisotopic (exact) mass is 326 g/mol. The second-order valence-electron chi connectivity index (χ2n) is 5.13. The van der Waals surface area contributed by atoms with Crippen molar-refractivity contribution >= 4 is 36.4 Å². The van der Waals surface area contributed by atoms with Gasteiger partial charge in [-0.3, -0.25) is 0 Å². The summed E-state index contributed by atoms with van der Waals surface area (Å²) < 4.78 is 11.2. The summed E-state index contributed by atoms with van der Waals surface area (Å²) in [6.07, 6.45) is 1.84. The van der Waals surface area contributed by atoms with E-state index in [1.807, 2.05) is 20.8 Å². The molecule has 5 heteroatoms. The molecule has 1 rings (SSSR count). The summed E-state index contributed by atoms with van der Waals surface area (Å²) in [5.74, 6) is 0.191. The average molecular weight is 326 g/mol. The zero-order valence-corrected chi connectivity index (χ0v) is 12.9. The van der Waals surface area contributed by atoms with Crippen LogP contribution in [0, 0.1) is 17.8 Å². The summed E-state index contributed by atoms with van der Waals surface area (Å²) in [5.41, 5.74) is 0. The van der Waals surface area contributed by atoms with E-state index in [1.165, 1.54) is 0 Å². The first-order valence-corrected chi connectivity index (χ1v) is 8.83. The molecule has 1 aliphatic rings. The molecular weight excluding hydrogens is 307 g/mol. The van der Waals surface area contributed by atoms with Crippen molar-refractivity contribution in [2.45, 2.75) is 37.9 Å². The van der Waals surface area contributed by atoms with Crippen molar-refractivity contribution in [2.24, 2.45) is 17.8 Å². The first-order valence-electron chi connectivity index (χ1n) is 5.88. The topological polar surface area (TPSA) is 51.2 Å². The van der Waals surface area contributed by atoms with Crippen molar-refractivity contribution < 1.29 is 13.4 Å². The summed E-state index contributed by atoms with van der Waals surface area (Å²) in [6.45, 7) is 5.83. The zero-order valence-electron chi connectivity index (χ0n) is 10.4. The third-order valence-electron chi connectivity index (χ3n) is 3.55. The van der Waals surface area contributed by atoms with Crippen LogP contribution < -0.4 is 0 Å². The van der Waals surface area contributed by atoms with Crippen LogP contribution in [0.2, 0.25) is 4.31 Å². The van der Waals surface area contributed by atoms with Crippen molar-refractivity contribution in [1.29, 1.82) is 0 Å². The van der Waals surface area contributed by atoms with Gasteiger partial charge in [-0.05, 0) is 0 Å². The van der Waals surface area contributed by atoms with Gasteiger partial charge in [-0.15, -0.1) is 0 Å². The standard InChI is InChI=1S/C12H19ClO3Se/c1-8(2)6-12(7-14)9(3)10(4-5-13)11(15)17(12)16/h7-10H,4-6H2,1-3H3. The van der Waals surface area contributed by atoms with E-state index < -0.39 is 18.1 Å². The van der Waals surface area contributed by atoms with E-state index in [2.05, 4.69) is 0 Å². The van der Waals surface area contributed by atoms with Crippen molar-refractivity contribution in [3.63, 3.8) is 0 Å². The van der Waals surface area contributed by atoms with Crippen molar-refractivity contribution in [3.05, 3.63) is 0 Å². The first kappa shape index (κ1) is 15.0. The Labute approximate surface area is 111 Å². The fourth-order valence-corrected chi connectivity index (χ4v) is 7.15. The first-order chi connectivity index (χ1) is 7.90. The normalized spacial score (nSPS) is 37.7. The Bertz CT molecular complexity index is 343. The van der Waals surface area contributed by atoms with Crippen molar-refractivity contribution in [3.8, 4) is 0 Å². The fraction of sp³-hybridized carbons (Fsp3) is 0.833. The van der Waals surface area contributed by atoms with E-state index >= 15 is 0 Å². The van der Waals surface area contributed by atoms with E-state index in [1.54, 1.807) is 0 Å². The van der Waals surface area contributed by atoms with Gasteiger partial charge in [0.1, 0.15) is 0 Å². The zero-order chi connectivity index (χ0) is 13.2. The van der Waals surface area contributed by atoms with Crippen LogP contribution in [0.3, 0.4) is 0 Å². The Morgan fingerprint density at radius 1 is 1.53 bits per heavy atom. The second kappa shape index (κ2) is 5.73. The molecule has 0 aromatic carbocycles. The molecule has 0 amide bonds. The maximum absolute atomic E-state index is 12.3. The molecule has 3 nitrogen and oxygen atoms in total. The number of alkyl halides is 1. The summed E-state index contributed by atoms with van der Waals surface area (Å²) in [6, 6.07) is 0. The van der Waals surface area contributed by atoms with Crippen LogP contribution in [0.5, 0.6) is 0 Å². The molecule has 0 saturated carbocycles. The Morgan fingerprint density at radius 3 is 2.53 bits per heavy atom. The maximum atomic E-state index is 12.3. The van der Waals surface area contributed by atoms with Gasteiger partial charge in [0, 0.05) is 0 Å². The minimum atomic E-state index is -2.76. The average Bonchev–Trinajstić information content (AvgIpc) is 2.44. The molecule has 0 aromatic rings. The third-order valence-corrected chi connectivity index (χ3v) is 7.95. The minimum absolute atomic E-state index is 0.142. The van der Waals surface area contributed by atoms with E-state index in [9.17, 15) is 13.4 Å². The number of hydrogen-bond acceptors (Lipinski definition) is 3. The second-order valence-corrected chi connectivity index (χ2v) is 9.08. The number of halogens is 1. The van der Waals surface area contributed by atoms with Gasteiger partial charge < -0.3 is 0 Å². The van der Waals surface area contributed by atoms with Crippen molar-refractivity contribution in [2.75, 3.05) is 5.88 Å². The molecule has 0 N–H and O–H groups in total. The van der Waals surface area contributed by atoms with Gasteiger partial charge in [0.15, 0.2) is 0 Å². The summed E-state index contributed by atoms with van der Waals surface area (Å²) >= 11 is 2.91. The van der Waals surface area contributed by atoms with E-state index in [0.29, 0.717) is 18.7 Å². The molecule has 0 bridgehead atoms. The van der Waals surface area contributed by atoms with Crippen LogP contribution in [-0.2, 0) is 13.4 Å². The molecule has 0 spiro atoms. The summed E-state index contributed by atoms with van der Waals surface area (Å²) in [4.78, 5) is 23.4. The molecule has 17 heavy (non-hydrogen) atoms. The van der Waals surface area contributed by atoms with Crippen LogP contribution in [0.25, 0.3) is 0 Å². The molecule has 1 fully saturated rings. The molecule has 4 atom stereocenters. The van der Waals surface area contributed by atoms with Gasteiger partial charge in [0.25, 0.3) is 0 Å². The number of aldehydes is 1. The van der Waals surface area contributed by atoms with E-state index in [-0.39, 0.29) is 22.4 Å². The number of carbonyl (C=O) groups is 2. The third kappa shape index (κ3) is 2.54. The van der Waals surface area contributed by atoms with Gasteiger partial charge >= 0.3 is 111 Å². The predicted octanol–water partition coefficient (Wildman–Crippen LogP) is 2.40. The Kier molecular flexibility index (Phi) is 5.06. The van der Waals surface area contributed by atoms with Crippen LogP contribution in [0.4, 0.5) is 0 Å². The number of carbonyl (C=O) groups excluding carboxylic acids is 2. The molecule has 0 aliphatic carbocycles. The fourth-order valence-electron chi connectivity index (χ4n) is 2.62. The summed E-state index contributed by atoms with van der Waals surface area (Å²) in [5, 5.41) is 0. The van der Waals surface area contributed by atoms with Crippen LogP contribution in [-0.4, -0.2) is 30.7 Å². The van der Waals surface area contributed by atoms with Gasteiger partial charge in [0.05, 0.1) is 0 Å². The SMILES string of the molecule is CC(C)CC1(C=O)C(C)C(CCCl)C(=O)[Se]1=O. The number of rotatable bonds is 5.